The van der Waals surface area contributed by atoms with Gasteiger partial charge in [-0.1, -0.05) is 91.0 Å². The molecule has 5 rings (SSSR count). The van der Waals surface area contributed by atoms with E-state index in [1.165, 1.54) is 11.8 Å². The highest BCUT2D eigenvalue weighted by Crippen LogP contribution is 2.21. The molecule has 330 valence electrons. The molecule has 0 saturated carbocycles. The Morgan fingerprint density at radius 1 is 0.726 bits per heavy atom. The third kappa shape index (κ3) is 14.2. The van der Waals surface area contributed by atoms with E-state index >= 15 is 0 Å². The van der Waals surface area contributed by atoms with Gasteiger partial charge in [0.2, 0.25) is 41.4 Å². The van der Waals surface area contributed by atoms with Crippen LogP contribution < -0.4 is 43.4 Å². The lowest BCUT2D eigenvalue weighted by Gasteiger charge is -2.31. The fourth-order valence-corrected chi connectivity index (χ4v) is 7.68. The molecule has 7 amide bonds. The van der Waals surface area contributed by atoms with Gasteiger partial charge in [0, 0.05) is 45.8 Å². The zero-order chi connectivity index (χ0) is 44.4. The van der Waals surface area contributed by atoms with Gasteiger partial charge in [-0.3, -0.25) is 38.6 Å². The second-order valence-corrected chi connectivity index (χ2v) is 15.6. The van der Waals surface area contributed by atoms with E-state index in [0.717, 1.165) is 16.7 Å². The Balaban J connectivity index is 1.47. The van der Waals surface area contributed by atoms with Crippen LogP contribution in [0.1, 0.15) is 62.1 Å². The number of guanidine groups is 1. The summed E-state index contributed by atoms with van der Waals surface area (Å²) in [6.07, 6.45) is 1.86. The van der Waals surface area contributed by atoms with Crippen LogP contribution in [0.2, 0.25) is 0 Å². The maximum Gasteiger partial charge on any atom is 0.245 e. The molecule has 0 spiro atoms. The van der Waals surface area contributed by atoms with E-state index < -0.39 is 77.6 Å². The molecule has 10 N–H and O–H groups in total. The number of hydrogen-bond donors (Lipinski definition) is 8. The molecular weight excluding hydrogens is 793 g/mol. The van der Waals surface area contributed by atoms with Gasteiger partial charge in [-0.25, -0.2) is 0 Å². The Morgan fingerprint density at radius 2 is 1.27 bits per heavy atom. The van der Waals surface area contributed by atoms with Gasteiger partial charge < -0.3 is 48.3 Å². The van der Waals surface area contributed by atoms with Crippen LogP contribution in [0.4, 0.5) is 0 Å². The SMILES string of the molecule is CC(=O)N[C@@H](Cc1ccccc1)C(=O)N[C@H]1CCCNC(=O)[C@H](CCCN=C(N)N)NC(=O)[C@H](Cc2ccccc2)NC(=O)[C@@H](Cc2ccccc2)NC(=O)[C@@H]2CCCN2C1=O. The van der Waals surface area contributed by atoms with Gasteiger partial charge in [0.25, 0.3) is 0 Å². The van der Waals surface area contributed by atoms with Gasteiger partial charge in [-0.15, -0.1) is 0 Å². The minimum Gasteiger partial charge on any atom is -0.370 e. The predicted molar refractivity (Wildman–Crippen MR) is 233 cm³/mol. The van der Waals surface area contributed by atoms with Gasteiger partial charge >= 0.3 is 0 Å². The van der Waals surface area contributed by atoms with Crippen molar-refractivity contribution in [2.75, 3.05) is 19.6 Å². The molecule has 2 aliphatic rings. The highest BCUT2D eigenvalue weighted by atomic mass is 16.2. The topological polar surface area (TPSA) is 259 Å². The number of amides is 7. The summed E-state index contributed by atoms with van der Waals surface area (Å²) >= 11 is 0. The number of carbonyl (C=O) groups excluding carboxylic acids is 7. The zero-order valence-corrected chi connectivity index (χ0v) is 35.0. The van der Waals surface area contributed by atoms with Crippen LogP contribution in [-0.4, -0.2) is 108 Å². The largest absolute Gasteiger partial charge is 0.370 e. The van der Waals surface area contributed by atoms with Crippen LogP contribution in [-0.2, 0) is 52.8 Å². The van der Waals surface area contributed by atoms with E-state index in [4.69, 9.17) is 11.5 Å². The second kappa shape index (κ2) is 23.3. The number of hydrogen-bond acceptors (Lipinski definition) is 8. The molecule has 62 heavy (non-hydrogen) atoms. The fourth-order valence-electron chi connectivity index (χ4n) is 7.68. The van der Waals surface area contributed by atoms with E-state index in [0.29, 0.717) is 19.3 Å². The van der Waals surface area contributed by atoms with E-state index in [1.54, 1.807) is 0 Å². The maximum atomic E-state index is 14.5. The highest BCUT2D eigenvalue weighted by molar-refractivity contribution is 5.97. The molecule has 2 heterocycles. The molecule has 6 atom stereocenters. The summed E-state index contributed by atoms with van der Waals surface area (Å²) < 4.78 is 0. The average Bonchev–Trinajstić information content (AvgIpc) is 3.76. The molecule has 0 aromatic heterocycles. The summed E-state index contributed by atoms with van der Waals surface area (Å²) in [4.78, 5) is 103. The summed E-state index contributed by atoms with van der Waals surface area (Å²) in [5.74, 6) is -3.99. The van der Waals surface area contributed by atoms with Gasteiger partial charge in [0.15, 0.2) is 5.96 Å². The van der Waals surface area contributed by atoms with E-state index in [9.17, 15) is 33.6 Å². The van der Waals surface area contributed by atoms with Crippen LogP contribution >= 0.6 is 0 Å². The lowest BCUT2D eigenvalue weighted by molar-refractivity contribution is -0.142. The molecule has 0 radical (unpaired) electrons. The second-order valence-electron chi connectivity index (χ2n) is 15.6. The molecule has 2 aliphatic heterocycles. The van der Waals surface area contributed by atoms with E-state index in [2.05, 4.69) is 36.9 Å². The first-order valence-corrected chi connectivity index (χ1v) is 21.1. The Hall–Kier alpha value is -6.78. The van der Waals surface area contributed by atoms with Crippen molar-refractivity contribution in [1.82, 2.24) is 36.8 Å². The van der Waals surface area contributed by atoms with Gasteiger partial charge in [0.05, 0.1) is 0 Å². The Bertz CT molecular complexity index is 2030. The first kappa shape index (κ1) is 46.3. The number of rotatable bonds is 13. The Kier molecular flexibility index (Phi) is 17.4. The molecule has 2 saturated heterocycles. The number of nitrogens with two attached hydrogens (primary N) is 2. The molecule has 3 aromatic rings. The quantitative estimate of drug-likeness (QED) is 0.0659. The number of aliphatic imine (C=N–C) groups is 1. The normalized spacial score (nSPS) is 22.0. The van der Waals surface area contributed by atoms with Crippen molar-refractivity contribution >= 4 is 47.3 Å². The average molecular weight is 851 g/mol. The van der Waals surface area contributed by atoms with Crippen molar-refractivity contribution in [2.45, 2.75) is 101 Å². The monoisotopic (exact) mass is 850 g/mol. The predicted octanol–water partition coefficient (Wildman–Crippen LogP) is 0.113. The van der Waals surface area contributed by atoms with Crippen molar-refractivity contribution < 1.29 is 33.6 Å². The lowest BCUT2D eigenvalue weighted by atomic mass is 10.0. The van der Waals surface area contributed by atoms with Gasteiger partial charge in [-0.05, 0) is 55.2 Å². The minimum atomic E-state index is -1.17. The summed E-state index contributed by atoms with van der Waals surface area (Å²) in [7, 11) is 0. The maximum absolute atomic E-state index is 14.5. The lowest BCUT2D eigenvalue weighted by Crippen LogP contribution is -2.60. The van der Waals surface area contributed by atoms with Crippen molar-refractivity contribution in [3.05, 3.63) is 108 Å². The number of nitrogens with zero attached hydrogens (tertiary/aromatic N) is 2. The third-order valence-corrected chi connectivity index (χ3v) is 10.8. The molecule has 0 unspecified atom stereocenters. The molecule has 2 fully saturated rings. The van der Waals surface area contributed by atoms with Crippen LogP contribution in [0.25, 0.3) is 0 Å². The summed E-state index contributed by atoms with van der Waals surface area (Å²) in [5.41, 5.74) is 13.3. The first-order valence-electron chi connectivity index (χ1n) is 21.1. The molecule has 17 heteroatoms. The smallest absolute Gasteiger partial charge is 0.245 e. The molecule has 0 aliphatic carbocycles. The van der Waals surface area contributed by atoms with Crippen molar-refractivity contribution in [3.63, 3.8) is 0 Å². The molecular formula is C45H58N10O7. The van der Waals surface area contributed by atoms with Crippen molar-refractivity contribution in [2.24, 2.45) is 16.5 Å². The first-order chi connectivity index (χ1) is 29.9. The highest BCUT2D eigenvalue weighted by Gasteiger charge is 2.40. The van der Waals surface area contributed by atoms with Crippen molar-refractivity contribution in [3.8, 4) is 0 Å². The summed E-state index contributed by atoms with van der Waals surface area (Å²) in [6, 6.07) is 20.8. The van der Waals surface area contributed by atoms with Crippen LogP contribution in [0.5, 0.6) is 0 Å². The fraction of sp³-hybridized carbons (Fsp3) is 0.422. The molecule has 3 aromatic carbocycles. The van der Waals surface area contributed by atoms with E-state index in [1.807, 2.05) is 91.0 Å². The Morgan fingerprint density at radius 3 is 1.84 bits per heavy atom. The molecule has 17 nitrogen and oxygen atoms in total. The third-order valence-electron chi connectivity index (χ3n) is 10.8. The number of benzene rings is 3. The van der Waals surface area contributed by atoms with Gasteiger partial charge in [0.1, 0.15) is 36.3 Å². The van der Waals surface area contributed by atoms with Crippen LogP contribution in [0.3, 0.4) is 0 Å². The zero-order valence-electron chi connectivity index (χ0n) is 35.0. The number of carbonyl (C=O) groups is 7. The summed E-state index contributed by atoms with van der Waals surface area (Å²) in [6.45, 7) is 1.77. The van der Waals surface area contributed by atoms with Crippen molar-refractivity contribution in [1.29, 1.82) is 0 Å². The number of fused-ring (bicyclic) bond motifs is 1. The standard InChI is InChI=1S/C45H58N10O7/c1-29(56)50-35(26-30-14-5-2-6-15-30)40(58)52-34-21-12-23-48-39(57)33(20-11-24-49-45(46)47)51-41(59)36(27-31-16-7-3-8-17-31)53-42(60)37(28-32-18-9-4-10-19-32)54-43(61)38-22-13-25-55(38)44(34)62/h2-10,14-19,33-38H,11-13,20-28H2,1H3,(H,48,57)(H,50,56)(H,51,59)(H,52,58)(H,53,60)(H,54,61)(H4,46,47,49)/t33-,34-,35-,36-,37+,38-/m0/s1. The summed E-state index contributed by atoms with van der Waals surface area (Å²) in [5, 5.41) is 17.0. The minimum absolute atomic E-state index is 0.0627. The van der Waals surface area contributed by atoms with Crippen LogP contribution in [0, 0.1) is 0 Å². The Labute approximate surface area is 361 Å². The van der Waals surface area contributed by atoms with Crippen LogP contribution in [0.15, 0.2) is 96.0 Å². The van der Waals surface area contributed by atoms with E-state index in [-0.39, 0.29) is 64.1 Å². The number of nitrogens with one attached hydrogen (secondary N) is 6. The van der Waals surface area contributed by atoms with Gasteiger partial charge in [-0.2, -0.15) is 0 Å². The molecule has 0 bridgehead atoms.